The van der Waals surface area contributed by atoms with Gasteiger partial charge in [-0.25, -0.2) is 4.98 Å². The van der Waals surface area contributed by atoms with E-state index in [1.165, 1.54) is 0 Å². The summed E-state index contributed by atoms with van der Waals surface area (Å²) in [6, 6.07) is 0.256. The molecule has 3 rings (SSSR count). The highest BCUT2D eigenvalue weighted by Gasteiger charge is 2.32. The van der Waals surface area contributed by atoms with Crippen molar-refractivity contribution in [1.29, 1.82) is 0 Å². The maximum Gasteiger partial charge on any atom is 0.223 e. The van der Waals surface area contributed by atoms with Crippen LogP contribution in [0.5, 0.6) is 0 Å². The van der Waals surface area contributed by atoms with Crippen LogP contribution in [0.2, 0.25) is 0 Å². The van der Waals surface area contributed by atoms with E-state index in [1.807, 2.05) is 19.4 Å². The van der Waals surface area contributed by atoms with E-state index in [-0.39, 0.29) is 23.5 Å². The van der Waals surface area contributed by atoms with E-state index in [0.29, 0.717) is 0 Å². The van der Waals surface area contributed by atoms with Crippen molar-refractivity contribution in [2.45, 2.75) is 57.7 Å². The second kappa shape index (κ2) is 7.23. The summed E-state index contributed by atoms with van der Waals surface area (Å²) in [6.07, 6.45) is 7.51. The minimum absolute atomic E-state index is 0.123. The predicted octanol–water partition coefficient (Wildman–Crippen LogP) is 1.71. The maximum atomic E-state index is 12.6. The van der Waals surface area contributed by atoms with Crippen molar-refractivity contribution in [2.75, 3.05) is 19.7 Å². The third-order valence-corrected chi connectivity index (χ3v) is 5.29. The van der Waals surface area contributed by atoms with E-state index in [4.69, 9.17) is 4.74 Å². The number of rotatable bonds is 4. The van der Waals surface area contributed by atoms with Gasteiger partial charge in [-0.1, -0.05) is 0 Å². The Morgan fingerprint density at radius 1 is 1.38 bits per heavy atom. The van der Waals surface area contributed by atoms with Crippen molar-refractivity contribution in [3.05, 3.63) is 18.2 Å². The van der Waals surface area contributed by atoms with Crippen molar-refractivity contribution in [3.63, 3.8) is 0 Å². The Kier molecular flexibility index (Phi) is 5.25. The Bertz CT molecular complexity index is 561. The van der Waals surface area contributed by atoms with Crippen LogP contribution in [0, 0.1) is 5.92 Å². The molecule has 1 N–H and O–H groups in total. The lowest BCUT2D eigenvalue weighted by Gasteiger charge is -2.37. The Hall–Kier alpha value is -1.40. The number of imidazole rings is 1. The lowest BCUT2D eigenvalue weighted by Crippen LogP contribution is -2.49. The van der Waals surface area contributed by atoms with Gasteiger partial charge in [0.2, 0.25) is 5.91 Å². The third kappa shape index (κ3) is 4.36. The van der Waals surface area contributed by atoms with Crippen molar-refractivity contribution in [2.24, 2.45) is 13.0 Å². The molecule has 0 bridgehead atoms. The third-order valence-electron chi connectivity index (χ3n) is 5.29. The molecule has 1 aromatic rings. The number of aryl methyl sites for hydroxylation is 1. The zero-order chi connectivity index (χ0) is 17.2. The summed E-state index contributed by atoms with van der Waals surface area (Å²) in [5, 5.41) is 3.26. The van der Waals surface area contributed by atoms with E-state index in [2.05, 4.69) is 33.6 Å². The lowest BCUT2D eigenvalue weighted by molar-refractivity contribution is -0.129. The summed E-state index contributed by atoms with van der Waals surface area (Å²) in [5.41, 5.74) is -0.123. The average Bonchev–Trinajstić information content (AvgIpc) is 2.92. The van der Waals surface area contributed by atoms with Crippen molar-refractivity contribution < 1.29 is 9.53 Å². The molecule has 2 aliphatic rings. The highest BCUT2D eigenvalue weighted by atomic mass is 16.5. The van der Waals surface area contributed by atoms with Crippen LogP contribution in [-0.4, -0.2) is 51.7 Å². The summed E-state index contributed by atoms with van der Waals surface area (Å²) in [7, 11) is 2.03. The fourth-order valence-electron chi connectivity index (χ4n) is 3.78. The molecule has 0 saturated carbocycles. The van der Waals surface area contributed by atoms with Gasteiger partial charge in [0.1, 0.15) is 5.82 Å². The van der Waals surface area contributed by atoms with E-state index < -0.39 is 0 Å². The van der Waals surface area contributed by atoms with Gasteiger partial charge in [0, 0.05) is 38.0 Å². The highest BCUT2D eigenvalue weighted by Crippen LogP contribution is 2.25. The molecule has 6 heteroatoms. The molecule has 2 fully saturated rings. The molecule has 2 aliphatic heterocycles. The first-order valence-corrected chi connectivity index (χ1v) is 9.06. The molecule has 1 atom stereocenters. The quantitative estimate of drug-likeness (QED) is 0.911. The summed E-state index contributed by atoms with van der Waals surface area (Å²) in [4.78, 5) is 19.3. The van der Waals surface area contributed by atoms with Crippen LogP contribution in [0.25, 0.3) is 0 Å². The van der Waals surface area contributed by atoms with Crippen LogP contribution in [-0.2, 0) is 23.1 Å². The van der Waals surface area contributed by atoms with E-state index in [1.54, 1.807) is 0 Å². The molecule has 1 aromatic heterocycles. The van der Waals surface area contributed by atoms with Crippen LogP contribution in [0.3, 0.4) is 0 Å². The second-order valence-electron chi connectivity index (χ2n) is 7.81. The molecule has 0 aromatic carbocycles. The summed E-state index contributed by atoms with van der Waals surface area (Å²) >= 11 is 0. The first-order valence-electron chi connectivity index (χ1n) is 9.06. The molecular weight excluding hydrogens is 304 g/mol. The molecule has 0 spiro atoms. The Balaban J connectivity index is 1.44. The molecule has 6 nitrogen and oxygen atoms in total. The van der Waals surface area contributed by atoms with Gasteiger partial charge in [0.15, 0.2) is 0 Å². The van der Waals surface area contributed by atoms with Gasteiger partial charge in [-0.3, -0.25) is 9.69 Å². The number of ether oxygens (including phenoxy) is 1. The van der Waals surface area contributed by atoms with Crippen LogP contribution in [0.4, 0.5) is 0 Å². The van der Waals surface area contributed by atoms with E-state index in [9.17, 15) is 4.79 Å². The van der Waals surface area contributed by atoms with Gasteiger partial charge in [0.25, 0.3) is 0 Å². The average molecular weight is 334 g/mol. The number of amides is 1. The van der Waals surface area contributed by atoms with Gasteiger partial charge in [-0.05, 0) is 52.6 Å². The zero-order valence-electron chi connectivity index (χ0n) is 15.1. The Labute approximate surface area is 144 Å². The number of hydrogen-bond acceptors (Lipinski definition) is 4. The topological polar surface area (TPSA) is 59.4 Å². The van der Waals surface area contributed by atoms with Crippen LogP contribution < -0.4 is 5.32 Å². The standard InChI is InChI=1S/C18H30N4O2/c1-18(2)12-15(6-11-24-18)20-17(23)14-4-8-22(9-5-14)13-16-19-7-10-21(16)3/h7,10,14-15H,4-6,8-9,11-13H2,1-3H3,(H,20,23). The lowest BCUT2D eigenvalue weighted by atomic mass is 9.91. The first kappa shape index (κ1) is 17.4. The number of aromatic nitrogens is 2. The molecule has 134 valence electrons. The molecule has 1 amide bonds. The molecule has 1 unspecified atom stereocenters. The zero-order valence-corrected chi connectivity index (χ0v) is 15.1. The van der Waals surface area contributed by atoms with Crippen molar-refractivity contribution in [3.8, 4) is 0 Å². The number of nitrogens with zero attached hydrogens (tertiary/aromatic N) is 3. The Morgan fingerprint density at radius 3 is 2.75 bits per heavy atom. The normalized spacial score (nSPS) is 25.5. The maximum absolute atomic E-state index is 12.6. The number of carbonyl (C=O) groups excluding carboxylic acids is 1. The number of piperidine rings is 1. The number of likely N-dealkylation sites (tertiary alicyclic amines) is 1. The Morgan fingerprint density at radius 2 is 2.12 bits per heavy atom. The molecular formula is C18H30N4O2. The summed E-state index contributed by atoms with van der Waals surface area (Å²) in [5.74, 6) is 1.46. The van der Waals surface area contributed by atoms with Gasteiger partial charge in [0.05, 0.1) is 12.1 Å². The molecule has 3 heterocycles. The monoisotopic (exact) mass is 334 g/mol. The fourth-order valence-corrected chi connectivity index (χ4v) is 3.78. The van der Waals surface area contributed by atoms with E-state index >= 15 is 0 Å². The van der Waals surface area contributed by atoms with Gasteiger partial charge in [-0.15, -0.1) is 0 Å². The molecule has 0 aliphatic carbocycles. The number of nitrogens with one attached hydrogen (secondary N) is 1. The van der Waals surface area contributed by atoms with Gasteiger partial charge < -0.3 is 14.6 Å². The molecule has 24 heavy (non-hydrogen) atoms. The number of carbonyl (C=O) groups is 1. The first-order chi connectivity index (χ1) is 11.4. The van der Waals surface area contributed by atoms with Gasteiger partial charge in [-0.2, -0.15) is 0 Å². The van der Waals surface area contributed by atoms with Crippen LogP contribution in [0.15, 0.2) is 12.4 Å². The molecule has 0 radical (unpaired) electrons. The highest BCUT2D eigenvalue weighted by molar-refractivity contribution is 5.79. The van der Waals surface area contributed by atoms with Crippen molar-refractivity contribution in [1.82, 2.24) is 19.8 Å². The van der Waals surface area contributed by atoms with Gasteiger partial charge >= 0.3 is 0 Å². The SMILES string of the molecule is Cn1ccnc1CN1CCC(C(=O)NC2CCOC(C)(C)C2)CC1. The van der Waals surface area contributed by atoms with E-state index in [0.717, 1.165) is 57.7 Å². The predicted molar refractivity (Wildman–Crippen MR) is 92.4 cm³/mol. The largest absolute Gasteiger partial charge is 0.375 e. The van der Waals surface area contributed by atoms with Crippen LogP contribution >= 0.6 is 0 Å². The molecule has 2 saturated heterocycles. The smallest absolute Gasteiger partial charge is 0.223 e. The number of hydrogen-bond donors (Lipinski definition) is 1. The summed E-state index contributed by atoms with van der Waals surface area (Å²) < 4.78 is 7.79. The fraction of sp³-hybridized carbons (Fsp3) is 0.778. The minimum Gasteiger partial charge on any atom is -0.375 e. The van der Waals surface area contributed by atoms with Crippen molar-refractivity contribution >= 4 is 5.91 Å². The van der Waals surface area contributed by atoms with Crippen LogP contribution in [0.1, 0.15) is 45.4 Å². The summed E-state index contributed by atoms with van der Waals surface area (Å²) in [6.45, 7) is 7.73. The second-order valence-corrected chi connectivity index (χ2v) is 7.81. The minimum atomic E-state index is -0.123.